The summed E-state index contributed by atoms with van der Waals surface area (Å²) in [6.45, 7) is 7.41. The number of nitrogens with one attached hydrogen (secondary N) is 1. The van der Waals surface area contributed by atoms with Gasteiger partial charge in [-0.2, -0.15) is 0 Å². The van der Waals surface area contributed by atoms with E-state index in [0.29, 0.717) is 29.6 Å². The van der Waals surface area contributed by atoms with Crippen LogP contribution < -0.4 is 5.32 Å². The highest BCUT2D eigenvalue weighted by atomic mass is 35.5. The Morgan fingerprint density at radius 3 is 2.81 bits per heavy atom. The molecule has 1 fully saturated rings. The molecule has 1 N–H and O–H groups in total. The Bertz CT molecular complexity index is 464. The van der Waals surface area contributed by atoms with Crippen LogP contribution in [-0.4, -0.2) is 18.1 Å². The molecule has 21 heavy (non-hydrogen) atoms. The lowest BCUT2D eigenvalue weighted by atomic mass is 9.75. The number of aromatic nitrogens is 1. The molecule has 1 aliphatic carbocycles. The second-order valence-electron chi connectivity index (χ2n) is 6.55. The molecular weight excluding hydrogens is 284 g/mol. The maximum Gasteiger partial charge on any atom is 0.126 e. The summed E-state index contributed by atoms with van der Waals surface area (Å²) in [6.07, 6.45) is 4.05. The number of ether oxygens (including phenoxy) is 1. The van der Waals surface area contributed by atoms with E-state index in [1.54, 1.807) is 0 Å². The SMILES string of the molecule is CNc1ccc(Cl)c(COC2CC(C)CCC2C(C)C)n1. The van der Waals surface area contributed by atoms with E-state index in [2.05, 4.69) is 31.1 Å². The Kier molecular flexibility index (Phi) is 5.88. The minimum atomic E-state index is 0.324. The van der Waals surface area contributed by atoms with Gasteiger partial charge in [-0.15, -0.1) is 0 Å². The molecule has 0 aliphatic heterocycles. The fourth-order valence-corrected chi connectivity index (χ4v) is 3.38. The van der Waals surface area contributed by atoms with Crippen LogP contribution >= 0.6 is 11.6 Å². The van der Waals surface area contributed by atoms with Crippen molar-refractivity contribution >= 4 is 17.4 Å². The van der Waals surface area contributed by atoms with Crippen LogP contribution in [0.15, 0.2) is 12.1 Å². The summed E-state index contributed by atoms with van der Waals surface area (Å²) in [6, 6.07) is 3.76. The monoisotopic (exact) mass is 310 g/mol. The van der Waals surface area contributed by atoms with E-state index in [1.165, 1.54) is 12.8 Å². The van der Waals surface area contributed by atoms with E-state index < -0.39 is 0 Å². The second kappa shape index (κ2) is 7.46. The van der Waals surface area contributed by atoms with Crippen LogP contribution in [0.3, 0.4) is 0 Å². The van der Waals surface area contributed by atoms with Crippen LogP contribution in [-0.2, 0) is 11.3 Å². The molecule has 0 bridgehead atoms. The third-order valence-electron chi connectivity index (χ3n) is 4.57. The minimum absolute atomic E-state index is 0.324. The lowest BCUT2D eigenvalue weighted by Crippen LogP contribution is -2.34. The van der Waals surface area contributed by atoms with E-state index in [9.17, 15) is 0 Å². The van der Waals surface area contributed by atoms with Crippen molar-refractivity contribution in [2.75, 3.05) is 12.4 Å². The molecule has 0 saturated heterocycles. The number of anilines is 1. The first kappa shape index (κ1) is 16.6. The highest BCUT2D eigenvalue weighted by molar-refractivity contribution is 6.31. The molecule has 0 spiro atoms. The standard InChI is InChI=1S/C17H27ClN2O/c1-11(2)13-6-5-12(3)9-16(13)21-10-15-14(18)7-8-17(19-4)20-15/h7-8,11-13,16H,5-6,9-10H2,1-4H3,(H,19,20). The number of hydrogen-bond acceptors (Lipinski definition) is 3. The molecule has 0 amide bonds. The largest absolute Gasteiger partial charge is 0.373 e. The maximum absolute atomic E-state index is 6.23. The van der Waals surface area contributed by atoms with Gasteiger partial charge in [-0.3, -0.25) is 0 Å². The lowest BCUT2D eigenvalue weighted by molar-refractivity contribution is -0.0482. The first-order chi connectivity index (χ1) is 10.0. The lowest BCUT2D eigenvalue weighted by Gasteiger charge is -2.37. The smallest absolute Gasteiger partial charge is 0.126 e. The molecule has 1 saturated carbocycles. The summed E-state index contributed by atoms with van der Waals surface area (Å²) in [5.74, 6) is 2.88. The quantitative estimate of drug-likeness (QED) is 0.852. The van der Waals surface area contributed by atoms with E-state index in [4.69, 9.17) is 16.3 Å². The minimum Gasteiger partial charge on any atom is -0.373 e. The average molecular weight is 311 g/mol. The van der Waals surface area contributed by atoms with Crippen LogP contribution in [0.1, 0.15) is 45.7 Å². The van der Waals surface area contributed by atoms with Gasteiger partial charge in [0.2, 0.25) is 0 Å². The second-order valence-corrected chi connectivity index (χ2v) is 6.96. The van der Waals surface area contributed by atoms with Crippen molar-refractivity contribution in [1.82, 2.24) is 4.98 Å². The molecule has 1 aromatic heterocycles. The van der Waals surface area contributed by atoms with Gasteiger partial charge in [-0.25, -0.2) is 4.98 Å². The topological polar surface area (TPSA) is 34.1 Å². The van der Waals surface area contributed by atoms with Gasteiger partial charge >= 0.3 is 0 Å². The van der Waals surface area contributed by atoms with Crippen molar-refractivity contribution in [1.29, 1.82) is 0 Å². The first-order valence-corrected chi connectivity index (χ1v) is 8.33. The molecule has 118 valence electrons. The summed E-state index contributed by atoms with van der Waals surface area (Å²) < 4.78 is 6.22. The molecular formula is C17H27ClN2O. The van der Waals surface area contributed by atoms with Crippen molar-refractivity contribution in [3.63, 3.8) is 0 Å². The van der Waals surface area contributed by atoms with Gasteiger partial charge in [-0.05, 0) is 42.7 Å². The van der Waals surface area contributed by atoms with Gasteiger partial charge in [0.05, 0.1) is 23.4 Å². The first-order valence-electron chi connectivity index (χ1n) is 7.96. The number of hydrogen-bond donors (Lipinski definition) is 1. The van der Waals surface area contributed by atoms with Crippen molar-refractivity contribution in [3.05, 3.63) is 22.8 Å². The van der Waals surface area contributed by atoms with E-state index in [-0.39, 0.29) is 0 Å². The summed E-state index contributed by atoms with van der Waals surface area (Å²) in [7, 11) is 1.86. The third kappa shape index (κ3) is 4.33. The predicted molar refractivity (Wildman–Crippen MR) is 88.7 cm³/mol. The Labute approximate surface area is 133 Å². The number of nitrogens with zero attached hydrogens (tertiary/aromatic N) is 1. The third-order valence-corrected chi connectivity index (χ3v) is 4.91. The zero-order valence-corrected chi connectivity index (χ0v) is 14.3. The molecule has 0 aromatic carbocycles. The average Bonchev–Trinajstić information content (AvgIpc) is 2.46. The molecule has 1 aliphatic rings. The van der Waals surface area contributed by atoms with E-state index in [1.807, 2.05) is 19.2 Å². The van der Waals surface area contributed by atoms with Crippen LogP contribution in [0.5, 0.6) is 0 Å². The van der Waals surface area contributed by atoms with Gasteiger partial charge in [0.15, 0.2) is 0 Å². The van der Waals surface area contributed by atoms with Crippen LogP contribution in [0.4, 0.5) is 5.82 Å². The Balaban J connectivity index is 2.03. The summed E-state index contributed by atoms with van der Waals surface area (Å²) in [5.41, 5.74) is 0.823. The summed E-state index contributed by atoms with van der Waals surface area (Å²) in [5, 5.41) is 3.72. The van der Waals surface area contributed by atoms with Crippen molar-refractivity contribution in [3.8, 4) is 0 Å². The van der Waals surface area contributed by atoms with Gasteiger partial charge in [0, 0.05) is 7.05 Å². The Hall–Kier alpha value is -0.800. The molecule has 4 heteroatoms. The summed E-state index contributed by atoms with van der Waals surface area (Å²) >= 11 is 6.23. The number of halogens is 1. The Morgan fingerprint density at radius 2 is 2.14 bits per heavy atom. The molecule has 1 heterocycles. The normalized spacial score (nSPS) is 26.1. The van der Waals surface area contributed by atoms with Gasteiger partial charge in [-0.1, -0.05) is 38.8 Å². The zero-order chi connectivity index (χ0) is 15.4. The Morgan fingerprint density at radius 1 is 1.38 bits per heavy atom. The van der Waals surface area contributed by atoms with Crippen LogP contribution in [0.25, 0.3) is 0 Å². The molecule has 2 rings (SSSR count). The molecule has 3 unspecified atom stereocenters. The van der Waals surface area contributed by atoms with Crippen molar-refractivity contribution < 1.29 is 4.74 Å². The molecule has 3 nitrogen and oxygen atoms in total. The fourth-order valence-electron chi connectivity index (χ4n) is 3.22. The van der Waals surface area contributed by atoms with E-state index in [0.717, 1.165) is 23.9 Å². The highest BCUT2D eigenvalue weighted by Crippen LogP contribution is 2.36. The zero-order valence-electron chi connectivity index (χ0n) is 13.5. The van der Waals surface area contributed by atoms with Crippen molar-refractivity contribution in [2.24, 2.45) is 17.8 Å². The van der Waals surface area contributed by atoms with Crippen LogP contribution in [0, 0.1) is 17.8 Å². The maximum atomic E-state index is 6.23. The highest BCUT2D eigenvalue weighted by Gasteiger charge is 2.31. The number of pyridine rings is 1. The van der Waals surface area contributed by atoms with Gasteiger partial charge < -0.3 is 10.1 Å². The van der Waals surface area contributed by atoms with Crippen molar-refractivity contribution in [2.45, 2.75) is 52.7 Å². The molecule has 0 radical (unpaired) electrons. The van der Waals surface area contributed by atoms with Gasteiger partial charge in [0.25, 0.3) is 0 Å². The molecule has 1 aromatic rings. The molecule has 3 atom stereocenters. The van der Waals surface area contributed by atoms with Gasteiger partial charge in [0.1, 0.15) is 5.82 Å². The summed E-state index contributed by atoms with van der Waals surface area (Å²) in [4.78, 5) is 4.50. The predicted octanol–water partition coefficient (Wildman–Crippen LogP) is 4.75. The van der Waals surface area contributed by atoms with E-state index >= 15 is 0 Å². The fraction of sp³-hybridized carbons (Fsp3) is 0.706. The van der Waals surface area contributed by atoms with Crippen LogP contribution in [0.2, 0.25) is 5.02 Å². The number of rotatable bonds is 5.